The topological polar surface area (TPSA) is 104 Å². The molecule has 0 unspecified atom stereocenters. The lowest BCUT2D eigenvalue weighted by Crippen LogP contribution is -2.37. The van der Waals surface area contributed by atoms with Crippen LogP contribution in [0.15, 0.2) is 38.6 Å². The molecule has 0 aliphatic rings. The summed E-state index contributed by atoms with van der Waals surface area (Å²) < 4.78 is 5.57. The van der Waals surface area contributed by atoms with Gasteiger partial charge in [0.15, 0.2) is 16.3 Å². The Labute approximate surface area is 164 Å². The van der Waals surface area contributed by atoms with Crippen LogP contribution in [0.5, 0.6) is 0 Å². The van der Waals surface area contributed by atoms with E-state index in [0.717, 1.165) is 19.3 Å². The van der Waals surface area contributed by atoms with E-state index in [9.17, 15) is 14.4 Å². The molecule has 0 fully saturated rings. The Balaban J connectivity index is 1.64. The zero-order chi connectivity index (χ0) is 19.3. The summed E-state index contributed by atoms with van der Waals surface area (Å²) >= 11 is 4.76. The molecule has 0 saturated heterocycles. The van der Waals surface area contributed by atoms with E-state index in [1.54, 1.807) is 0 Å². The minimum Gasteiger partial charge on any atom is -0.315 e. The minimum absolute atomic E-state index is 0.121. The molecule has 0 aliphatic heterocycles. The average molecular weight is 449 g/mol. The number of amides is 1. The van der Waals surface area contributed by atoms with Crippen LogP contribution in [0, 0.1) is 0 Å². The van der Waals surface area contributed by atoms with Crippen LogP contribution in [-0.4, -0.2) is 29.6 Å². The third kappa shape index (κ3) is 2.98. The van der Waals surface area contributed by atoms with Crippen LogP contribution in [0.1, 0.15) is 0 Å². The lowest BCUT2D eigenvalue weighted by atomic mass is 10.3. The highest BCUT2D eigenvalue weighted by Crippen LogP contribution is 2.28. The predicted molar refractivity (Wildman–Crippen MR) is 106 cm³/mol. The highest BCUT2D eigenvalue weighted by atomic mass is 79.9. The fraction of sp³-hybridized carbons (Fsp3) is 0.188. The van der Waals surface area contributed by atoms with Crippen molar-refractivity contribution in [1.82, 2.24) is 23.7 Å². The van der Waals surface area contributed by atoms with Crippen molar-refractivity contribution in [2.75, 3.05) is 5.32 Å². The van der Waals surface area contributed by atoms with Crippen LogP contribution in [0.2, 0.25) is 0 Å². The van der Waals surface area contributed by atoms with Crippen molar-refractivity contribution in [2.45, 2.75) is 6.54 Å². The van der Waals surface area contributed by atoms with Gasteiger partial charge in [-0.2, -0.15) is 0 Å². The van der Waals surface area contributed by atoms with Gasteiger partial charge in [0.25, 0.3) is 5.56 Å². The monoisotopic (exact) mass is 448 g/mol. The first kappa shape index (κ1) is 17.6. The average Bonchev–Trinajstić information content (AvgIpc) is 3.21. The molecule has 11 heteroatoms. The molecule has 4 rings (SSSR count). The van der Waals surface area contributed by atoms with Gasteiger partial charge in [0.2, 0.25) is 5.91 Å². The number of carbonyl (C=O) groups is 1. The highest BCUT2D eigenvalue weighted by Gasteiger charge is 2.16. The number of anilines is 1. The van der Waals surface area contributed by atoms with Crippen LogP contribution in [0.3, 0.4) is 0 Å². The summed E-state index contributed by atoms with van der Waals surface area (Å²) in [4.78, 5) is 45.3. The Bertz CT molecular complexity index is 1330. The van der Waals surface area contributed by atoms with E-state index in [0.29, 0.717) is 5.13 Å². The highest BCUT2D eigenvalue weighted by molar-refractivity contribution is 9.10. The molecule has 0 spiro atoms. The molecule has 1 aromatic carbocycles. The lowest BCUT2D eigenvalue weighted by molar-refractivity contribution is -0.116. The Kier molecular flexibility index (Phi) is 4.19. The van der Waals surface area contributed by atoms with Crippen LogP contribution >= 0.6 is 27.3 Å². The summed E-state index contributed by atoms with van der Waals surface area (Å²) in [5.41, 5.74) is 0.255. The maximum Gasteiger partial charge on any atom is 0.332 e. The molecule has 27 heavy (non-hydrogen) atoms. The summed E-state index contributed by atoms with van der Waals surface area (Å²) in [5, 5.41) is 3.21. The summed E-state index contributed by atoms with van der Waals surface area (Å²) in [5.74, 6) is -0.344. The van der Waals surface area contributed by atoms with E-state index >= 15 is 0 Å². The number of imidazole rings is 1. The minimum atomic E-state index is -0.497. The molecular formula is C16H13BrN6O3S. The molecule has 9 nitrogen and oxygen atoms in total. The fourth-order valence-corrected chi connectivity index (χ4v) is 4.22. The quantitative estimate of drug-likeness (QED) is 0.510. The second-order valence-corrected chi connectivity index (χ2v) is 7.88. The summed E-state index contributed by atoms with van der Waals surface area (Å²) in [6.45, 7) is -0.121. The van der Waals surface area contributed by atoms with Gasteiger partial charge in [0.1, 0.15) is 6.54 Å². The van der Waals surface area contributed by atoms with Gasteiger partial charge < -0.3 is 9.88 Å². The number of hydrogen-bond donors (Lipinski definition) is 1. The third-order valence-corrected chi connectivity index (χ3v) is 5.55. The number of nitrogens with one attached hydrogen (secondary N) is 1. The number of aromatic nitrogens is 5. The van der Waals surface area contributed by atoms with Gasteiger partial charge in [-0.1, -0.05) is 27.3 Å². The van der Waals surface area contributed by atoms with Gasteiger partial charge in [-0.05, 0) is 18.2 Å². The number of nitrogens with zero attached hydrogens (tertiary/aromatic N) is 5. The van der Waals surface area contributed by atoms with Crippen molar-refractivity contribution in [3.05, 3.63) is 49.8 Å². The number of carbonyl (C=O) groups excluding carboxylic acids is 1. The summed E-state index contributed by atoms with van der Waals surface area (Å²) in [6.07, 6.45) is 1.38. The molecule has 0 atom stereocenters. The van der Waals surface area contributed by atoms with Crippen molar-refractivity contribution in [1.29, 1.82) is 0 Å². The Morgan fingerprint density at radius 1 is 1.26 bits per heavy atom. The fourth-order valence-electron chi connectivity index (χ4n) is 2.78. The van der Waals surface area contributed by atoms with E-state index in [1.807, 2.05) is 18.2 Å². The number of aryl methyl sites for hydroxylation is 1. The third-order valence-electron chi connectivity index (χ3n) is 4.13. The van der Waals surface area contributed by atoms with E-state index < -0.39 is 11.2 Å². The van der Waals surface area contributed by atoms with E-state index in [4.69, 9.17) is 0 Å². The van der Waals surface area contributed by atoms with E-state index in [-0.39, 0.29) is 23.6 Å². The van der Waals surface area contributed by atoms with Gasteiger partial charge in [-0.3, -0.25) is 18.7 Å². The molecule has 3 heterocycles. The van der Waals surface area contributed by atoms with Gasteiger partial charge in [-0.25, -0.2) is 14.8 Å². The predicted octanol–water partition coefficient (Wildman–Crippen LogP) is 1.44. The zero-order valence-corrected chi connectivity index (χ0v) is 16.7. The van der Waals surface area contributed by atoms with Crippen LogP contribution in [0.25, 0.3) is 21.4 Å². The molecule has 1 N–H and O–H groups in total. The first-order valence-electron chi connectivity index (χ1n) is 7.82. The largest absolute Gasteiger partial charge is 0.332 e. The Morgan fingerprint density at radius 3 is 2.81 bits per heavy atom. The molecule has 0 radical (unpaired) electrons. The summed E-state index contributed by atoms with van der Waals surface area (Å²) in [6, 6.07) is 5.67. The van der Waals surface area contributed by atoms with Crippen LogP contribution in [0.4, 0.5) is 5.13 Å². The first-order valence-corrected chi connectivity index (χ1v) is 9.43. The standard InChI is InChI=1S/C16H13BrN6O3S/c1-21-13-12(14(25)22(2)16(21)26)23(7-18-13)6-11(24)20-15-19-9-4-3-8(17)5-10(9)27-15/h3-5,7H,6H2,1-2H3,(H,19,20,24). The number of hydrogen-bond acceptors (Lipinski definition) is 6. The number of halogens is 1. The molecule has 3 aromatic heterocycles. The molecule has 0 saturated carbocycles. The SMILES string of the molecule is Cn1c(=O)c2c(ncn2CC(=O)Nc2nc3ccc(Br)cc3s2)n(C)c1=O. The van der Waals surface area contributed by atoms with E-state index in [1.165, 1.54) is 40.9 Å². The van der Waals surface area contributed by atoms with Gasteiger partial charge in [0, 0.05) is 18.6 Å². The van der Waals surface area contributed by atoms with Crippen LogP contribution in [-0.2, 0) is 25.4 Å². The Hall–Kier alpha value is -2.79. The smallest absolute Gasteiger partial charge is 0.315 e. The molecule has 4 aromatic rings. The van der Waals surface area contributed by atoms with Crippen molar-refractivity contribution >= 4 is 59.7 Å². The summed E-state index contributed by atoms with van der Waals surface area (Å²) in [7, 11) is 2.92. The van der Waals surface area contributed by atoms with Gasteiger partial charge >= 0.3 is 5.69 Å². The van der Waals surface area contributed by atoms with Crippen molar-refractivity contribution in [3.63, 3.8) is 0 Å². The number of fused-ring (bicyclic) bond motifs is 2. The molecular weight excluding hydrogens is 436 g/mol. The maximum atomic E-state index is 12.4. The second kappa shape index (κ2) is 6.43. The van der Waals surface area contributed by atoms with Gasteiger partial charge in [0.05, 0.1) is 16.5 Å². The molecule has 0 aliphatic carbocycles. The van der Waals surface area contributed by atoms with E-state index in [2.05, 4.69) is 31.2 Å². The zero-order valence-electron chi connectivity index (χ0n) is 14.3. The van der Waals surface area contributed by atoms with Crippen LogP contribution < -0.4 is 16.6 Å². The lowest BCUT2D eigenvalue weighted by Gasteiger charge is -2.06. The van der Waals surface area contributed by atoms with Crippen molar-refractivity contribution < 1.29 is 4.79 Å². The Morgan fingerprint density at radius 2 is 2.04 bits per heavy atom. The van der Waals surface area contributed by atoms with Gasteiger partial charge in [-0.15, -0.1) is 0 Å². The molecule has 1 amide bonds. The normalized spacial score (nSPS) is 11.4. The van der Waals surface area contributed by atoms with Crippen molar-refractivity contribution in [2.24, 2.45) is 14.1 Å². The molecule has 138 valence electrons. The number of thiazole rings is 1. The number of benzene rings is 1. The maximum absolute atomic E-state index is 12.4. The molecule has 0 bridgehead atoms. The number of rotatable bonds is 3. The second-order valence-electron chi connectivity index (χ2n) is 5.93. The first-order chi connectivity index (χ1) is 12.8. The van der Waals surface area contributed by atoms with Crippen molar-refractivity contribution in [3.8, 4) is 0 Å².